The van der Waals surface area contributed by atoms with Crippen LogP contribution in [0.25, 0.3) is 0 Å². The predicted molar refractivity (Wildman–Crippen MR) is 68.1 cm³/mol. The van der Waals surface area contributed by atoms with Gasteiger partial charge in [0.25, 0.3) is 0 Å². The first-order valence-electron chi connectivity index (χ1n) is 6.23. The zero-order valence-corrected chi connectivity index (χ0v) is 10.4. The lowest BCUT2D eigenvalue weighted by Crippen LogP contribution is -2.10. The number of ether oxygens (including phenoxy) is 1. The molecular weight excluding hydrogens is 220 g/mol. The molecule has 0 heterocycles. The number of rotatable bonds is 4. The van der Waals surface area contributed by atoms with E-state index in [1.54, 1.807) is 0 Å². The fraction of sp³-hybridized carbons (Fsp3) is 0.571. The summed E-state index contributed by atoms with van der Waals surface area (Å²) in [4.78, 5) is 0. The van der Waals surface area contributed by atoms with Crippen LogP contribution in [0.2, 0.25) is 5.02 Å². The Morgan fingerprint density at radius 1 is 1.06 bits per heavy atom. The molecule has 0 N–H and O–H groups in total. The second kappa shape index (κ2) is 6.15. The van der Waals surface area contributed by atoms with Crippen LogP contribution in [0, 0.1) is 5.92 Å². The molecule has 0 unspecified atom stereocenters. The van der Waals surface area contributed by atoms with Gasteiger partial charge in [-0.1, -0.05) is 43.7 Å². The van der Waals surface area contributed by atoms with Gasteiger partial charge < -0.3 is 4.74 Å². The van der Waals surface area contributed by atoms with Crippen molar-refractivity contribution in [2.75, 3.05) is 6.61 Å². The van der Waals surface area contributed by atoms with E-state index in [4.69, 9.17) is 16.3 Å². The van der Waals surface area contributed by atoms with Crippen molar-refractivity contribution in [2.24, 2.45) is 5.92 Å². The number of hydrogen-bond donors (Lipinski definition) is 0. The van der Waals surface area contributed by atoms with Crippen LogP contribution in [0.1, 0.15) is 38.5 Å². The summed E-state index contributed by atoms with van der Waals surface area (Å²) >= 11 is 5.81. The molecule has 1 fully saturated rings. The smallest absolute Gasteiger partial charge is 0.119 e. The van der Waals surface area contributed by atoms with Gasteiger partial charge in [-0.25, -0.2) is 0 Å². The molecule has 0 aliphatic heterocycles. The molecule has 0 bridgehead atoms. The molecule has 2 heteroatoms. The van der Waals surface area contributed by atoms with E-state index in [1.165, 1.54) is 38.5 Å². The van der Waals surface area contributed by atoms with Crippen LogP contribution in [-0.4, -0.2) is 6.61 Å². The zero-order valence-electron chi connectivity index (χ0n) is 9.62. The van der Waals surface area contributed by atoms with Crippen molar-refractivity contribution >= 4 is 11.6 Å². The average molecular weight is 239 g/mol. The minimum Gasteiger partial charge on any atom is -0.494 e. The summed E-state index contributed by atoms with van der Waals surface area (Å²) in [7, 11) is 0. The predicted octanol–water partition coefficient (Wildman–Crippen LogP) is 4.69. The third kappa shape index (κ3) is 3.71. The van der Waals surface area contributed by atoms with Gasteiger partial charge in [-0.15, -0.1) is 0 Å². The fourth-order valence-electron chi connectivity index (χ4n) is 2.35. The molecule has 1 aromatic rings. The van der Waals surface area contributed by atoms with E-state index in [1.807, 2.05) is 24.3 Å². The van der Waals surface area contributed by atoms with E-state index in [-0.39, 0.29) is 0 Å². The Morgan fingerprint density at radius 2 is 1.75 bits per heavy atom. The molecule has 0 saturated heterocycles. The first-order chi connectivity index (χ1) is 7.84. The van der Waals surface area contributed by atoms with Gasteiger partial charge in [0.15, 0.2) is 0 Å². The van der Waals surface area contributed by atoms with Crippen molar-refractivity contribution in [2.45, 2.75) is 38.5 Å². The summed E-state index contributed by atoms with van der Waals surface area (Å²) in [6.45, 7) is 0.840. The first kappa shape index (κ1) is 11.8. The molecule has 16 heavy (non-hydrogen) atoms. The first-order valence-corrected chi connectivity index (χ1v) is 6.61. The average Bonchev–Trinajstić information content (AvgIpc) is 2.33. The van der Waals surface area contributed by atoms with Crippen LogP contribution in [0.4, 0.5) is 0 Å². The van der Waals surface area contributed by atoms with Gasteiger partial charge >= 0.3 is 0 Å². The largest absolute Gasteiger partial charge is 0.494 e. The number of benzene rings is 1. The standard InChI is InChI=1S/C14H19ClO/c15-13-6-8-14(9-7-13)16-11-10-12-4-2-1-3-5-12/h6-9,12H,1-5,10-11H2. The molecule has 2 rings (SSSR count). The lowest BCUT2D eigenvalue weighted by molar-refractivity contribution is 0.246. The topological polar surface area (TPSA) is 9.23 Å². The Morgan fingerprint density at radius 3 is 2.44 bits per heavy atom. The summed E-state index contributed by atoms with van der Waals surface area (Å²) < 4.78 is 5.71. The molecule has 1 aromatic carbocycles. The van der Waals surface area contributed by atoms with Crippen molar-refractivity contribution in [1.82, 2.24) is 0 Å². The van der Waals surface area contributed by atoms with Crippen LogP contribution < -0.4 is 4.74 Å². The highest BCUT2D eigenvalue weighted by Crippen LogP contribution is 2.26. The fourth-order valence-corrected chi connectivity index (χ4v) is 2.48. The third-order valence-corrected chi connectivity index (χ3v) is 3.59. The van der Waals surface area contributed by atoms with Gasteiger partial charge in [-0.3, -0.25) is 0 Å². The minimum absolute atomic E-state index is 0.764. The van der Waals surface area contributed by atoms with Crippen LogP contribution in [0.5, 0.6) is 5.75 Å². The highest BCUT2D eigenvalue weighted by Gasteiger charge is 2.12. The quantitative estimate of drug-likeness (QED) is 0.740. The summed E-state index contributed by atoms with van der Waals surface area (Å²) in [5.74, 6) is 1.82. The van der Waals surface area contributed by atoms with Gasteiger partial charge in [0, 0.05) is 5.02 Å². The van der Waals surface area contributed by atoms with Crippen LogP contribution >= 0.6 is 11.6 Å². The zero-order chi connectivity index (χ0) is 11.2. The molecule has 1 aliphatic rings. The van der Waals surface area contributed by atoms with E-state index >= 15 is 0 Å². The Bertz CT molecular complexity index is 301. The maximum absolute atomic E-state index is 5.81. The maximum Gasteiger partial charge on any atom is 0.119 e. The SMILES string of the molecule is Clc1ccc(OCCC2CCCCC2)cc1. The molecule has 1 nitrogen and oxygen atoms in total. The van der Waals surface area contributed by atoms with E-state index in [0.717, 1.165) is 23.3 Å². The van der Waals surface area contributed by atoms with Crippen molar-refractivity contribution in [1.29, 1.82) is 0 Å². The van der Waals surface area contributed by atoms with Gasteiger partial charge in [0.05, 0.1) is 6.61 Å². The van der Waals surface area contributed by atoms with Gasteiger partial charge in [0.2, 0.25) is 0 Å². The summed E-state index contributed by atoms with van der Waals surface area (Å²) in [6, 6.07) is 7.61. The van der Waals surface area contributed by atoms with E-state index < -0.39 is 0 Å². The molecule has 0 spiro atoms. The number of halogens is 1. The van der Waals surface area contributed by atoms with Gasteiger partial charge in [-0.05, 0) is 36.6 Å². The number of hydrogen-bond acceptors (Lipinski definition) is 1. The second-order valence-corrected chi connectivity index (χ2v) is 5.03. The monoisotopic (exact) mass is 238 g/mol. The van der Waals surface area contributed by atoms with Crippen molar-refractivity contribution in [3.05, 3.63) is 29.3 Å². The molecular formula is C14H19ClO. The molecule has 1 aliphatic carbocycles. The lowest BCUT2D eigenvalue weighted by Gasteiger charge is -2.21. The maximum atomic E-state index is 5.81. The molecule has 88 valence electrons. The Balaban J connectivity index is 1.69. The third-order valence-electron chi connectivity index (χ3n) is 3.33. The van der Waals surface area contributed by atoms with Crippen molar-refractivity contribution in [3.8, 4) is 5.75 Å². The Hall–Kier alpha value is -0.690. The van der Waals surface area contributed by atoms with Crippen molar-refractivity contribution in [3.63, 3.8) is 0 Å². The highest BCUT2D eigenvalue weighted by atomic mass is 35.5. The Labute approximate surface area is 103 Å². The summed E-state index contributed by atoms with van der Waals surface area (Å²) in [6.07, 6.45) is 8.22. The minimum atomic E-state index is 0.764. The lowest BCUT2D eigenvalue weighted by atomic mass is 9.87. The summed E-state index contributed by atoms with van der Waals surface area (Å²) in [5.41, 5.74) is 0. The van der Waals surface area contributed by atoms with Crippen molar-refractivity contribution < 1.29 is 4.74 Å². The molecule has 0 amide bonds. The molecule has 1 saturated carbocycles. The second-order valence-electron chi connectivity index (χ2n) is 4.60. The summed E-state index contributed by atoms with van der Waals surface area (Å²) in [5, 5.41) is 0.764. The molecule has 0 atom stereocenters. The Kier molecular flexibility index (Phi) is 4.53. The van der Waals surface area contributed by atoms with Crippen LogP contribution in [-0.2, 0) is 0 Å². The van der Waals surface area contributed by atoms with E-state index in [2.05, 4.69) is 0 Å². The highest BCUT2D eigenvalue weighted by molar-refractivity contribution is 6.30. The molecule has 0 aromatic heterocycles. The molecule has 0 radical (unpaired) electrons. The van der Waals surface area contributed by atoms with Gasteiger partial charge in [-0.2, -0.15) is 0 Å². The van der Waals surface area contributed by atoms with Crippen LogP contribution in [0.3, 0.4) is 0 Å². The van der Waals surface area contributed by atoms with E-state index in [9.17, 15) is 0 Å². The van der Waals surface area contributed by atoms with Crippen LogP contribution in [0.15, 0.2) is 24.3 Å². The van der Waals surface area contributed by atoms with E-state index in [0.29, 0.717) is 0 Å². The normalized spacial score (nSPS) is 17.3. The van der Waals surface area contributed by atoms with Gasteiger partial charge in [0.1, 0.15) is 5.75 Å².